The van der Waals surface area contributed by atoms with E-state index in [1.54, 1.807) is 0 Å². The van der Waals surface area contributed by atoms with Gasteiger partial charge in [0.05, 0.1) is 0 Å². The van der Waals surface area contributed by atoms with Crippen LogP contribution < -0.4 is 0 Å². The second-order valence-corrected chi connectivity index (χ2v) is 20.3. The molecule has 0 N–H and O–H groups in total. The average molecular weight is 992 g/mol. The van der Waals surface area contributed by atoms with Gasteiger partial charge < -0.3 is 14.2 Å². The van der Waals surface area contributed by atoms with Gasteiger partial charge in [-0.15, -0.1) is 0 Å². The van der Waals surface area contributed by atoms with Crippen molar-refractivity contribution in [1.82, 2.24) is 0 Å². The molecule has 0 fully saturated rings. The van der Waals surface area contributed by atoms with Crippen LogP contribution in [0, 0.1) is 0 Å². The standard InChI is InChI=1S/C65H114O6/c1-4-7-10-13-16-19-22-25-28-30-32-34-37-40-43-46-49-52-55-58-64(67)70-61-62(60-69-63(66)57-54-51-48-45-42-39-36-27-24-21-18-15-12-9-6-3)71-65(68)59-56-53-50-47-44-41-38-35-33-31-29-26-23-20-17-14-11-8-5-2/h16,18-19,21,25,27-28,32,34,36,40,43,62H,4-15,17,20,22-24,26,29-31,33,35,37-39,41-42,44-61H2,1-3H3/b19-16-,21-18-,28-25-,34-32-,36-27-,43-40-/t62-/m1/s1. The number of hydrogen-bond acceptors (Lipinski definition) is 6. The number of carbonyl (C=O) groups is 3. The predicted molar refractivity (Wildman–Crippen MR) is 307 cm³/mol. The van der Waals surface area contributed by atoms with E-state index in [4.69, 9.17) is 14.2 Å². The SMILES string of the molecule is CCCCC/C=C\C/C=C\C/C=C\C/C=C\CCCCCC(=O)OC[C@@H](COC(=O)CCCCCCC/C=C\C/C=C\CCCCC)OC(=O)CCCCCCCCCCCCCCCCCCCCC. The monoisotopic (exact) mass is 991 g/mol. The van der Waals surface area contributed by atoms with Gasteiger partial charge in [0.15, 0.2) is 6.10 Å². The van der Waals surface area contributed by atoms with Gasteiger partial charge in [0.1, 0.15) is 13.2 Å². The summed E-state index contributed by atoms with van der Waals surface area (Å²) in [6.45, 7) is 6.58. The Bertz CT molecular complexity index is 1320. The first-order valence-electron chi connectivity index (χ1n) is 30.4. The smallest absolute Gasteiger partial charge is 0.306 e. The van der Waals surface area contributed by atoms with E-state index in [2.05, 4.69) is 93.7 Å². The van der Waals surface area contributed by atoms with Crippen LogP contribution in [0.1, 0.15) is 303 Å². The van der Waals surface area contributed by atoms with Crippen LogP contribution in [0.3, 0.4) is 0 Å². The Morgan fingerprint density at radius 1 is 0.282 bits per heavy atom. The maximum Gasteiger partial charge on any atom is 0.306 e. The van der Waals surface area contributed by atoms with Gasteiger partial charge in [0.2, 0.25) is 0 Å². The summed E-state index contributed by atoms with van der Waals surface area (Å²) in [5, 5.41) is 0. The summed E-state index contributed by atoms with van der Waals surface area (Å²) in [6.07, 6.45) is 76.1. The largest absolute Gasteiger partial charge is 0.462 e. The fraction of sp³-hybridized carbons (Fsp3) is 0.769. The highest BCUT2D eigenvalue weighted by Gasteiger charge is 2.19. The quantitative estimate of drug-likeness (QED) is 0.0261. The molecule has 71 heavy (non-hydrogen) atoms. The van der Waals surface area contributed by atoms with Crippen LogP contribution in [-0.2, 0) is 28.6 Å². The minimum Gasteiger partial charge on any atom is -0.462 e. The Morgan fingerprint density at radius 2 is 0.507 bits per heavy atom. The molecule has 0 unspecified atom stereocenters. The molecule has 0 saturated heterocycles. The summed E-state index contributed by atoms with van der Waals surface area (Å²) in [5.74, 6) is -0.922. The molecule has 0 aliphatic carbocycles. The van der Waals surface area contributed by atoms with Crippen molar-refractivity contribution in [2.75, 3.05) is 13.2 Å². The molecule has 0 aromatic heterocycles. The highest BCUT2D eigenvalue weighted by molar-refractivity contribution is 5.71. The zero-order chi connectivity index (χ0) is 51.4. The molecule has 0 radical (unpaired) electrons. The Hall–Kier alpha value is -3.15. The molecule has 0 aliphatic heterocycles. The number of hydrogen-bond donors (Lipinski definition) is 0. The summed E-state index contributed by atoms with van der Waals surface area (Å²) < 4.78 is 16.9. The molecular weight excluding hydrogens is 877 g/mol. The molecule has 6 heteroatoms. The first-order chi connectivity index (χ1) is 35.0. The maximum atomic E-state index is 12.9. The van der Waals surface area contributed by atoms with E-state index in [-0.39, 0.29) is 31.1 Å². The van der Waals surface area contributed by atoms with Crippen molar-refractivity contribution in [3.05, 3.63) is 72.9 Å². The summed E-state index contributed by atoms with van der Waals surface area (Å²) in [4.78, 5) is 38.2. The Labute approximate surface area is 440 Å². The highest BCUT2D eigenvalue weighted by atomic mass is 16.6. The molecule has 410 valence electrons. The lowest BCUT2D eigenvalue weighted by molar-refractivity contribution is -0.167. The molecule has 0 bridgehead atoms. The number of carbonyl (C=O) groups excluding carboxylic acids is 3. The Morgan fingerprint density at radius 3 is 0.831 bits per heavy atom. The lowest BCUT2D eigenvalue weighted by Gasteiger charge is -2.18. The molecule has 1 atom stereocenters. The molecule has 0 aromatic carbocycles. The number of esters is 3. The second-order valence-electron chi connectivity index (χ2n) is 20.3. The van der Waals surface area contributed by atoms with Gasteiger partial charge in [-0.1, -0.05) is 261 Å². The van der Waals surface area contributed by atoms with E-state index in [0.29, 0.717) is 19.3 Å². The fourth-order valence-electron chi connectivity index (χ4n) is 8.57. The normalized spacial score (nSPS) is 12.5. The third-order valence-electron chi connectivity index (χ3n) is 13.2. The fourth-order valence-corrected chi connectivity index (χ4v) is 8.57. The van der Waals surface area contributed by atoms with Gasteiger partial charge in [-0.3, -0.25) is 14.4 Å². The van der Waals surface area contributed by atoms with Crippen molar-refractivity contribution in [1.29, 1.82) is 0 Å². The van der Waals surface area contributed by atoms with E-state index >= 15 is 0 Å². The van der Waals surface area contributed by atoms with Crippen molar-refractivity contribution in [2.24, 2.45) is 0 Å². The van der Waals surface area contributed by atoms with Crippen LogP contribution in [-0.4, -0.2) is 37.2 Å². The van der Waals surface area contributed by atoms with E-state index in [0.717, 1.165) is 103 Å². The third kappa shape index (κ3) is 57.6. The van der Waals surface area contributed by atoms with Crippen LogP contribution in [0.2, 0.25) is 0 Å². The molecule has 0 spiro atoms. The number of unbranched alkanes of at least 4 members (excludes halogenated alkanes) is 32. The van der Waals surface area contributed by atoms with Crippen LogP contribution in [0.25, 0.3) is 0 Å². The van der Waals surface area contributed by atoms with Crippen molar-refractivity contribution >= 4 is 17.9 Å². The van der Waals surface area contributed by atoms with Crippen LogP contribution in [0.15, 0.2) is 72.9 Å². The number of ether oxygens (including phenoxy) is 3. The van der Waals surface area contributed by atoms with Crippen molar-refractivity contribution in [3.8, 4) is 0 Å². The minimum absolute atomic E-state index is 0.0909. The van der Waals surface area contributed by atoms with Gasteiger partial charge in [-0.25, -0.2) is 0 Å². The zero-order valence-electron chi connectivity index (χ0n) is 47.0. The van der Waals surface area contributed by atoms with Crippen LogP contribution in [0.5, 0.6) is 0 Å². The van der Waals surface area contributed by atoms with E-state index in [1.807, 2.05) is 0 Å². The third-order valence-corrected chi connectivity index (χ3v) is 13.2. The minimum atomic E-state index is -0.794. The Balaban J connectivity index is 4.43. The van der Waals surface area contributed by atoms with Gasteiger partial charge in [-0.2, -0.15) is 0 Å². The van der Waals surface area contributed by atoms with Crippen molar-refractivity contribution in [3.63, 3.8) is 0 Å². The molecule has 0 aromatic rings. The molecule has 0 rings (SSSR count). The van der Waals surface area contributed by atoms with E-state index < -0.39 is 6.10 Å². The lowest BCUT2D eigenvalue weighted by atomic mass is 10.0. The van der Waals surface area contributed by atoms with Crippen molar-refractivity contribution < 1.29 is 28.6 Å². The van der Waals surface area contributed by atoms with Gasteiger partial charge in [0.25, 0.3) is 0 Å². The molecule has 6 nitrogen and oxygen atoms in total. The average Bonchev–Trinajstić information content (AvgIpc) is 3.37. The summed E-state index contributed by atoms with van der Waals surface area (Å²) in [7, 11) is 0. The summed E-state index contributed by atoms with van der Waals surface area (Å²) >= 11 is 0. The Kier molecular flexibility index (Phi) is 56.8. The number of allylic oxidation sites excluding steroid dienone is 12. The molecular formula is C65H114O6. The predicted octanol–water partition coefficient (Wildman–Crippen LogP) is 20.5. The lowest BCUT2D eigenvalue weighted by Crippen LogP contribution is -2.30. The van der Waals surface area contributed by atoms with Crippen LogP contribution >= 0.6 is 0 Å². The maximum absolute atomic E-state index is 12.9. The van der Waals surface area contributed by atoms with Crippen LogP contribution in [0.4, 0.5) is 0 Å². The zero-order valence-corrected chi connectivity index (χ0v) is 47.0. The van der Waals surface area contributed by atoms with Crippen molar-refractivity contribution in [2.45, 2.75) is 309 Å². The molecule has 0 amide bonds. The van der Waals surface area contributed by atoms with E-state index in [9.17, 15) is 14.4 Å². The van der Waals surface area contributed by atoms with Gasteiger partial charge in [0, 0.05) is 19.3 Å². The van der Waals surface area contributed by atoms with E-state index in [1.165, 1.54) is 161 Å². The van der Waals surface area contributed by atoms with Gasteiger partial charge >= 0.3 is 17.9 Å². The number of rotatable bonds is 55. The summed E-state index contributed by atoms with van der Waals surface area (Å²) in [6, 6.07) is 0. The highest BCUT2D eigenvalue weighted by Crippen LogP contribution is 2.16. The molecule has 0 heterocycles. The molecule has 0 aliphatic rings. The molecule has 0 saturated carbocycles. The first kappa shape index (κ1) is 67.8. The van der Waals surface area contributed by atoms with Gasteiger partial charge in [-0.05, 0) is 96.3 Å². The summed E-state index contributed by atoms with van der Waals surface area (Å²) in [5.41, 5.74) is 0. The first-order valence-corrected chi connectivity index (χ1v) is 30.4. The topological polar surface area (TPSA) is 78.9 Å². The second kappa shape index (κ2) is 59.4.